The molecule has 0 spiro atoms. The lowest BCUT2D eigenvalue weighted by Gasteiger charge is -2.35. The molecule has 1 heterocycles. The van der Waals surface area contributed by atoms with Crippen LogP contribution in [0.5, 0.6) is 0 Å². The van der Waals surface area contributed by atoms with Crippen LogP contribution in [0.1, 0.15) is 56.9 Å². The molecule has 25 heavy (non-hydrogen) atoms. The summed E-state index contributed by atoms with van der Waals surface area (Å²) in [5.41, 5.74) is 7.50. The first-order chi connectivity index (χ1) is 12.0. The molecule has 0 radical (unpaired) electrons. The molecule has 2 aliphatic carbocycles. The van der Waals surface area contributed by atoms with Gasteiger partial charge in [0.15, 0.2) is 0 Å². The lowest BCUT2D eigenvalue weighted by molar-refractivity contribution is -0.125. The minimum Gasteiger partial charge on any atom is -0.369 e. The highest BCUT2D eigenvalue weighted by molar-refractivity contribution is 5.84. The molecule has 132 valence electrons. The maximum Gasteiger partial charge on any atom is 0.223 e. The highest BCUT2D eigenvalue weighted by Crippen LogP contribution is 2.56. The number of halogens is 1. The molecule has 1 aromatic heterocycles. The van der Waals surface area contributed by atoms with Gasteiger partial charge < -0.3 is 5.73 Å². The van der Waals surface area contributed by atoms with Crippen molar-refractivity contribution < 1.29 is 9.18 Å². The molecular formula is C21H25FN2O. The zero-order valence-electron chi connectivity index (χ0n) is 14.7. The number of carbonyl (C=O) groups excluding carboxylic acids is 1. The van der Waals surface area contributed by atoms with E-state index in [4.69, 9.17) is 5.73 Å². The molecule has 1 aromatic carbocycles. The lowest BCUT2D eigenvalue weighted by atomic mass is 9.69. The summed E-state index contributed by atoms with van der Waals surface area (Å²) in [6.45, 7) is 2.21. The SMILES string of the molecule is C[C@H](C1CCC(c2ccnc3ccc(F)cc23)CC1)C1(C(N)=O)CC1. The van der Waals surface area contributed by atoms with Gasteiger partial charge in [-0.05, 0) is 86.1 Å². The number of aromatic nitrogens is 1. The van der Waals surface area contributed by atoms with Crippen LogP contribution in [-0.4, -0.2) is 10.9 Å². The van der Waals surface area contributed by atoms with E-state index in [-0.39, 0.29) is 17.1 Å². The molecule has 2 aliphatic rings. The zero-order valence-corrected chi connectivity index (χ0v) is 14.7. The van der Waals surface area contributed by atoms with Crippen LogP contribution in [0.4, 0.5) is 4.39 Å². The van der Waals surface area contributed by atoms with Crippen LogP contribution in [0.25, 0.3) is 10.9 Å². The molecule has 0 unspecified atom stereocenters. The van der Waals surface area contributed by atoms with Crippen LogP contribution in [0.3, 0.4) is 0 Å². The standard InChI is InChI=1S/C21H25FN2O/c1-13(21(9-10-21)20(23)25)14-2-4-15(5-3-14)17-8-11-24-19-7-6-16(22)12-18(17)19/h6-8,11-15H,2-5,9-10H2,1H3,(H2,23,25)/t13-,14?,15?/m1/s1. The zero-order chi connectivity index (χ0) is 17.6. The average Bonchev–Trinajstić information content (AvgIpc) is 3.43. The number of pyridine rings is 1. The summed E-state index contributed by atoms with van der Waals surface area (Å²) in [7, 11) is 0. The van der Waals surface area contributed by atoms with Gasteiger partial charge in [-0.25, -0.2) is 4.39 Å². The van der Waals surface area contributed by atoms with Crippen molar-refractivity contribution in [2.24, 2.45) is 23.0 Å². The van der Waals surface area contributed by atoms with E-state index in [1.807, 2.05) is 12.3 Å². The van der Waals surface area contributed by atoms with Gasteiger partial charge in [-0.3, -0.25) is 9.78 Å². The monoisotopic (exact) mass is 340 g/mol. The van der Waals surface area contributed by atoms with Gasteiger partial charge in [0.1, 0.15) is 5.82 Å². The quantitative estimate of drug-likeness (QED) is 0.888. The van der Waals surface area contributed by atoms with E-state index in [9.17, 15) is 9.18 Å². The number of nitrogens with two attached hydrogens (primary N) is 1. The first-order valence-electron chi connectivity index (χ1n) is 9.35. The average molecular weight is 340 g/mol. The van der Waals surface area contributed by atoms with E-state index in [1.54, 1.807) is 12.1 Å². The summed E-state index contributed by atoms with van der Waals surface area (Å²) in [5.74, 6) is 1.06. The number of fused-ring (bicyclic) bond motifs is 1. The third-order valence-corrected chi connectivity index (χ3v) is 6.81. The van der Waals surface area contributed by atoms with Crippen LogP contribution in [0.15, 0.2) is 30.5 Å². The van der Waals surface area contributed by atoms with E-state index in [2.05, 4.69) is 11.9 Å². The Balaban J connectivity index is 1.51. The van der Waals surface area contributed by atoms with E-state index < -0.39 is 0 Å². The minimum absolute atomic E-state index is 0.113. The van der Waals surface area contributed by atoms with Crippen LogP contribution < -0.4 is 5.73 Å². The number of rotatable bonds is 4. The van der Waals surface area contributed by atoms with Crippen molar-refractivity contribution in [2.75, 3.05) is 0 Å². The van der Waals surface area contributed by atoms with Gasteiger partial charge in [0, 0.05) is 11.6 Å². The number of hydrogen-bond acceptors (Lipinski definition) is 2. The smallest absolute Gasteiger partial charge is 0.223 e. The molecule has 1 atom stereocenters. The van der Waals surface area contributed by atoms with Gasteiger partial charge in [-0.2, -0.15) is 0 Å². The Kier molecular flexibility index (Phi) is 4.01. The van der Waals surface area contributed by atoms with Crippen molar-refractivity contribution in [3.63, 3.8) is 0 Å². The van der Waals surface area contributed by atoms with E-state index in [0.29, 0.717) is 17.8 Å². The second kappa shape index (κ2) is 6.08. The number of primary amides is 1. The first kappa shape index (κ1) is 16.5. The topological polar surface area (TPSA) is 56.0 Å². The van der Waals surface area contributed by atoms with Crippen LogP contribution in [0.2, 0.25) is 0 Å². The normalized spacial score (nSPS) is 26.3. The Morgan fingerprint density at radius 3 is 2.60 bits per heavy atom. The maximum atomic E-state index is 13.7. The van der Waals surface area contributed by atoms with Gasteiger partial charge in [0.25, 0.3) is 0 Å². The predicted molar refractivity (Wildman–Crippen MR) is 96.4 cm³/mol. The van der Waals surface area contributed by atoms with Crippen molar-refractivity contribution in [2.45, 2.75) is 51.4 Å². The Morgan fingerprint density at radius 2 is 1.96 bits per heavy atom. The van der Waals surface area contributed by atoms with E-state index in [0.717, 1.165) is 49.4 Å². The Morgan fingerprint density at radius 1 is 1.24 bits per heavy atom. The summed E-state index contributed by atoms with van der Waals surface area (Å²) >= 11 is 0. The fraction of sp³-hybridized carbons (Fsp3) is 0.524. The summed E-state index contributed by atoms with van der Waals surface area (Å²) in [5, 5.41) is 0.940. The summed E-state index contributed by atoms with van der Waals surface area (Å²) in [4.78, 5) is 16.2. The van der Waals surface area contributed by atoms with Crippen molar-refractivity contribution in [1.82, 2.24) is 4.98 Å². The van der Waals surface area contributed by atoms with Gasteiger partial charge in [0.05, 0.1) is 10.9 Å². The number of hydrogen-bond donors (Lipinski definition) is 1. The molecule has 1 amide bonds. The van der Waals surface area contributed by atoms with Crippen LogP contribution in [0, 0.1) is 23.1 Å². The third kappa shape index (κ3) is 2.82. The largest absolute Gasteiger partial charge is 0.369 e. The number of amides is 1. The molecule has 4 heteroatoms. The lowest BCUT2D eigenvalue weighted by Crippen LogP contribution is -2.35. The molecule has 0 aliphatic heterocycles. The molecule has 3 nitrogen and oxygen atoms in total. The molecule has 0 bridgehead atoms. The van der Waals surface area contributed by atoms with Crippen LogP contribution in [-0.2, 0) is 4.79 Å². The predicted octanol–water partition coefficient (Wildman–Crippen LogP) is 4.55. The van der Waals surface area contributed by atoms with Crippen molar-refractivity contribution in [3.8, 4) is 0 Å². The first-order valence-corrected chi connectivity index (χ1v) is 9.35. The van der Waals surface area contributed by atoms with Gasteiger partial charge in [-0.15, -0.1) is 0 Å². The molecule has 0 saturated heterocycles. The number of benzene rings is 1. The maximum absolute atomic E-state index is 13.7. The number of carbonyl (C=O) groups is 1. The Bertz CT molecular complexity index is 807. The van der Waals surface area contributed by atoms with Crippen molar-refractivity contribution in [1.29, 1.82) is 0 Å². The fourth-order valence-electron chi connectivity index (χ4n) is 4.94. The fourth-order valence-corrected chi connectivity index (χ4v) is 4.94. The minimum atomic E-state index is -0.232. The van der Waals surface area contributed by atoms with Crippen molar-refractivity contribution >= 4 is 16.8 Å². The second-order valence-electron chi connectivity index (χ2n) is 7.98. The molecule has 2 fully saturated rings. The van der Waals surface area contributed by atoms with Crippen molar-refractivity contribution in [3.05, 3.63) is 41.8 Å². The highest BCUT2D eigenvalue weighted by atomic mass is 19.1. The molecule has 4 rings (SSSR count). The molecule has 2 N–H and O–H groups in total. The second-order valence-corrected chi connectivity index (χ2v) is 7.98. The summed E-state index contributed by atoms with van der Waals surface area (Å²) in [6, 6.07) is 6.88. The van der Waals surface area contributed by atoms with Gasteiger partial charge in [-0.1, -0.05) is 6.92 Å². The van der Waals surface area contributed by atoms with Gasteiger partial charge >= 0.3 is 0 Å². The molecule has 2 aromatic rings. The molecule has 2 saturated carbocycles. The Labute approximate surface area is 147 Å². The summed E-state index contributed by atoms with van der Waals surface area (Å²) < 4.78 is 13.7. The van der Waals surface area contributed by atoms with E-state index >= 15 is 0 Å². The highest BCUT2D eigenvalue weighted by Gasteiger charge is 2.54. The molecular weight excluding hydrogens is 315 g/mol. The Hall–Kier alpha value is -1.97. The van der Waals surface area contributed by atoms with Gasteiger partial charge in [0.2, 0.25) is 5.91 Å². The third-order valence-electron chi connectivity index (χ3n) is 6.81. The van der Waals surface area contributed by atoms with Crippen LogP contribution >= 0.6 is 0 Å². The number of nitrogens with zero attached hydrogens (tertiary/aromatic N) is 1. The summed E-state index contributed by atoms with van der Waals surface area (Å²) in [6.07, 6.45) is 8.13. The van der Waals surface area contributed by atoms with E-state index in [1.165, 1.54) is 11.6 Å².